The highest BCUT2D eigenvalue weighted by atomic mass is 19.1. The Hall–Kier alpha value is -4.48. The van der Waals surface area contributed by atoms with Gasteiger partial charge in [-0.3, -0.25) is 9.80 Å². The number of aromatic carboxylic acids is 1. The average molecular weight is 612 g/mol. The van der Waals surface area contributed by atoms with E-state index in [1.54, 1.807) is 19.1 Å². The number of hydrogen-bond acceptors (Lipinski definition) is 8. The number of ether oxygens (including phenoxy) is 1. The summed E-state index contributed by atoms with van der Waals surface area (Å²) in [5.74, 6) is -1.37. The molecule has 0 atom stereocenters. The summed E-state index contributed by atoms with van der Waals surface area (Å²) in [7, 11) is 0. The van der Waals surface area contributed by atoms with Gasteiger partial charge < -0.3 is 20.3 Å². The summed E-state index contributed by atoms with van der Waals surface area (Å²) in [6.45, 7) is 12.2. The zero-order chi connectivity index (χ0) is 31.8. The molecule has 5 rings (SSSR count). The van der Waals surface area contributed by atoms with Crippen molar-refractivity contribution in [3.8, 4) is 22.4 Å². The maximum absolute atomic E-state index is 15.3. The molecular weight excluding hydrogens is 573 g/mol. The van der Waals surface area contributed by atoms with E-state index in [0.717, 1.165) is 50.4 Å². The van der Waals surface area contributed by atoms with Gasteiger partial charge in [-0.05, 0) is 48.0 Å². The topological polar surface area (TPSA) is 111 Å². The molecular formula is C35H38FN5O4. The molecule has 0 aliphatic carbocycles. The Bertz CT molecular complexity index is 1620. The zero-order valence-corrected chi connectivity index (χ0v) is 25.4. The summed E-state index contributed by atoms with van der Waals surface area (Å²) in [5.41, 5.74) is 5.63. The summed E-state index contributed by atoms with van der Waals surface area (Å²) >= 11 is 0. The van der Waals surface area contributed by atoms with Crippen LogP contribution in [-0.2, 0) is 11.3 Å². The van der Waals surface area contributed by atoms with Crippen LogP contribution in [0.3, 0.4) is 0 Å². The Labute approximate surface area is 262 Å². The Kier molecular flexibility index (Phi) is 10.6. The normalized spacial score (nSPS) is 13.9. The van der Waals surface area contributed by atoms with Crippen LogP contribution in [-0.4, -0.2) is 90.2 Å². The first-order valence-corrected chi connectivity index (χ1v) is 15.0. The highest BCUT2D eigenvalue weighted by Gasteiger charge is 2.17. The van der Waals surface area contributed by atoms with Crippen LogP contribution in [0.1, 0.15) is 21.5 Å². The fourth-order valence-corrected chi connectivity index (χ4v) is 5.39. The van der Waals surface area contributed by atoms with Crippen LogP contribution in [0.15, 0.2) is 77.8 Å². The molecule has 1 aromatic heterocycles. The molecule has 0 unspecified atom stereocenters. The average Bonchev–Trinajstić information content (AvgIpc) is 3.05. The Balaban J connectivity index is 1.21. The number of rotatable bonds is 13. The number of nitrogens with one attached hydrogen (secondary N) is 1. The molecule has 0 saturated carbocycles. The number of halogens is 1. The van der Waals surface area contributed by atoms with E-state index in [9.17, 15) is 9.90 Å². The number of aryl methyl sites for hydroxylation is 1. The largest absolute Gasteiger partial charge is 0.478 e. The maximum Gasteiger partial charge on any atom is 0.336 e. The van der Waals surface area contributed by atoms with Crippen molar-refractivity contribution in [3.63, 3.8) is 0 Å². The summed E-state index contributed by atoms with van der Waals surface area (Å²) in [4.78, 5) is 24.8. The number of aromatic nitrogens is 1. The molecule has 0 spiro atoms. The second kappa shape index (κ2) is 15.0. The summed E-state index contributed by atoms with van der Waals surface area (Å²) in [6.07, 6.45) is 0. The number of aliphatic hydroxyl groups excluding tert-OH is 1. The molecule has 10 heteroatoms. The lowest BCUT2D eigenvalue weighted by molar-refractivity contribution is 0.0564. The minimum absolute atomic E-state index is 0.0632. The second-order valence-electron chi connectivity index (χ2n) is 11.0. The smallest absolute Gasteiger partial charge is 0.336 e. The number of benzene rings is 3. The van der Waals surface area contributed by atoms with Crippen LogP contribution in [0.2, 0.25) is 0 Å². The van der Waals surface area contributed by atoms with E-state index in [-0.39, 0.29) is 29.4 Å². The molecule has 1 aliphatic rings. The minimum Gasteiger partial charge on any atom is -0.478 e. The van der Waals surface area contributed by atoms with Crippen LogP contribution >= 0.6 is 0 Å². The lowest BCUT2D eigenvalue weighted by atomic mass is 10.0. The van der Waals surface area contributed by atoms with Crippen LogP contribution in [0.4, 0.5) is 21.6 Å². The maximum atomic E-state index is 15.3. The third kappa shape index (κ3) is 8.17. The highest BCUT2D eigenvalue weighted by molar-refractivity contribution is 5.91. The number of pyridine rings is 1. The predicted molar refractivity (Wildman–Crippen MR) is 175 cm³/mol. The summed E-state index contributed by atoms with van der Waals surface area (Å²) in [5, 5.41) is 21.3. The van der Waals surface area contributed by atoms with Crippen molar-refractivity contribution in [2.75, 3.05) is 57.9 Å². The van der Waals surface area contributed by atoms with Gasteiger partial charge in [-0.2, -0.15) is 0 Å². The van der Waals surface area contributed by atoms with Crippen molar-refractivity contribution in [1.29, 1.82) is 0 Å². The van der Waals surface area contributed by atoms with Crippen molar-refractivity contribution in [1.82, 2.24) is 14.8 Å². The first-order chi connectivity index (χ1) is 21.8. The monoisotopic (exact) mass is 611 g/mol. The Morgan fingerprint density at radius 1 is 0.956 bits per heavy atom. The van der Waals surface area contributed by atoms with Gasteiger partial charge in [0.2, 0.25) is 0 Å². The summed E-state index contributed by atoms with van der Waals surface area (Å²) < 4.78 is 20.7. The molecule has 3 N–H and O–H groups in total. The quantitative estimate of drug-likeness (QED) is 0.129. The van der Waals surface area contributed by atoms with E-state index in [2.05, 4.69) is 56.1 Å². The van der Waals surface area contributed by atoms with Crippen LogP contribution in [0, 0.1) is 12.7 Å². The first kappa shape index (κ1) is 31.9. The van der Waals surface area contributed by atoms with Crippen LogP contribution in [0.5, 0.6) is 0 Å². The molecule has 2 heterocycles. The van der Waals surface area contributed by atoms with Crippen LogP contribution in [0.25, 0.3) is 22.4 Å². The molecule has 1 saturated heterocycles. The lowest BCUT2D eigenvalue weighted by Crippen LogP contribution is -2.46. The third-order valence-corrected chi connectivity index (χ3v) is 7.96. The third-order valence-electron chi connectivity index (χ3n) is 7.96. The standard InChI is InChI=1S/C35H38FN5O4/c1-24-3-12-29(21-30(24)35(43)44)38-32-22-31(36)33(39-34(32)37-2)28-10-8-27(9-11-28)26-6-4-25(5-7-26)23-41-15-13-40(14-16-41)17-19-45-20-18-42/h3-12,21-22,38,42H,2,13-20,23H2,1H3,(H,43,44). The van der Waals surface area contributed by atoms with E-state index >= 15 is 4.39 Å². The van der Waals surface area contributed by atoms with Gasteiger partial charge >= 0.3 is 5.97 Å². The molecule has 3 aromatic carbocycles. The fraction of sp³-hybridized carbons (Fsp3) is 0.286. The van der Waals surface area contributed by atoms with E-state index in [0.29, 0.717) is 30.0 Å². The molecule has 4 aromatic rings. The van der Waals surface area contributed by atoms with Crippen molar-refractivity contribution >= 4 is 29.9 Å². The minimum atomic E-state index is -1.04. The Morgan fingerprint density at radius 3 is 2.24 bits per heavy atom. The van der Waals surface area contributed by atoms with E-state index < -0.39 is 11.8 Å². The van der Waals surface area contributed by atoms with Gasteiger partial charge in [-0.1, -0.05) is 54.6 Å². The van der Waals surface area contributed by atoms with Gasteiger partial charge in [0.25, 0.3) is 0 Å². The molecule has 45 heavy (non-hydrogen) atoms. The van der Waals surface area contributed by atoms with Gasteiger partial charge in [0.05, 0.1) is 31.1 Å². The van der Waals surface area contributed by atoms with Crippen molar-refractivity contribution in [2.24, 2.45) is 4.99 Å². The lowest BCUT2D eigenvalue weighted by Gasteiger charge is -2.34. The number of aliphatic hydroxyl groups is 1. The highest BCUT2D eigenvalue weighted by Crippen LogP contribution is 2.33. The molecule has 1 aliphatic heterocycles. The Morgan fingerprint density at radius 2 is 1.60 bits per heavy atom. The summed E-state index contributed by atoms with van der Waals surface area (Å²) in [6, 6.07) is 22.3. The van der Waals surface area contributed by atoms with Crippen molar-refractivity contribution < 1.29 is 24.1 Å². The molecule has 0 bridgehead atoms. The van der Waals surface area contributed by atoms with E-state index in [1.165, 1.54) is 17.7 Å². The second-order valence-corrected chi connectivity index (χ2v) is 11.0. The molecule has 0 radical (unpaired) electrons. The van der Waals surface area contributed by atoms with E-state index in [1.807, 2.05) is 24.3 Å². The van der Waals surface area contributed by atoms with Gasteiger partial charge in [0.15, 0.2) is 11.6 Å². The number of carboxylic acids is 1. The molecule has 9 nitrogen and oxygen atoms in total. The number of aliphatic imine (C=N–C) groups is 1. The number of anilines is 2. The zero-order valence-electron chi connectivity index (χ0n) is 25.4. The number of hydrogen-bond donors (Lipinski definition) is 3. The van der Waals surface area contributed by atoms with Crippen molar-refractivity contribution in [2.45, 2.75) is 13.5 Å². The molecule has 234 valence electrons. The van der Waals surface area contributed by atoms with Gasteiger partial charge in [0, 0.05) is 56.6 Å². The van der Waals surface area contributed by atoms with Gasteiger partial charge in [0.1, 0.15) is 5.69 Å². The van der Waals surface area contributed by atoms with Crippen molar-refractivity contribution in [3.05, 3.63) is 95.3 Å². The van der Waals surface area contributed by atoms with Gasteiger partial charge in [-0.15, -0.1) is 0 Å². The SMILES string of the molecule is C=Nc1nc(-c2ccc(-c3ccc(CN4CCN(CCOCCO)CC4)cc3)cc2)c(F)cc1Nc1ccc(C)c(C(=O)O)c1. The number of piperazine rings is 1. The first-order valence-electron chi connectivity index (χ1n) is 15.0. The molecule has 0 amide bonds. The number of carboxylic acid groups (broad SMARTS) is 1. The van der Waals surface area contributed by atoms with Crippen LogP contribution < -0.4 is 5.32 Å². The number of carbonyl (C=O) groups is 1. The fourth-order valence-electron chi connectivity index (χ4n) is 5.39. The number of nitrogens with zero attached hydrogens (tertiary/aromatic N) is 4. The molecule has 1 fully saturated rings. The van der Waals surface area contributed by atoms with Gasteiger partial charge in [-0.25, -0.2) is 19.2 Å². The van der Waals surface area contributed by atoms with E-state index in [4.69, 9.17) is 9.84 Å². The predicted octanol–water partition coefficient (Wildman–Crippen LogP) is 5.76.